The van der Waals surface area contributed by atoms with Crippen molar-refractivity contribution in [1.29, 1.82) is 0 Å². The molecule has 30 heavy (non-hydrogen) atoms. The second kappa shape index (κ2) is 11.3. The molecule has 1 aliphatic rings. The molecule has 3 rings (SSSR count). The van der Waals surface area contributed by atoms with E-state index in [9.17, 15) is 14.0 Å². The van der Waals surface area contributed by atoms with Crippen molar-refractivity contribution in [2.45, 2.75) is 32.1 Å². The first-order chi connectivity index (χ1) is 14.6. The lowest BCUT2D eigenvalue weighted by molar-refractivity contribution is 0.0941. The van der Waals surface area contributed by atoms with E-state index in [-0.39, 0.29) is 17.8 Å². The van der Waals surface area contributed by atoms with Crippen LogP contribution < -0.4 is 16.0 Å². The fourth-order valence-corrected chi connectivity index (χ4v) is 3.84. The number of carbonyl (C=O) groups is 2. The second-order valence-corrected chi connectivity index (χ2v) is 7.98. The van der Waals surface area contributed by atoms with Gasteiger partial charge in [0.05, 0.1) is 0 Å². The molecule has 0 unspecified atom stereocenters. The number of hydrogen-bond acceptors (Lipinski definition) is 2. The number of amides is 3. The van der Waals surface area contributed by atoms with Crippen LogP contribution in [0.4, 0.5) is 9.18 Å². The molecule has 0 heterocycles. The average Bonchev–Trinajstić information content (AvgIpc) is 2.78. The van der Waals surface area contributed by atoms with Gasteiger partial charge in [-0.25, -0.2) is 9.18 Å². The normalized spacial score (nSPS) is 18.4. The van der Waals surface area contributed by atoms with Crippen molar-refractivity contribution in [3.63, 3.8) is 0 Å². The molecule has 0 aromatic heterocycles. The molecule has 6 heteroatoms. The highest BCUT2D eigenvalue weighted by Gasteiger charge is 2.22. The number of benzene rings is 2. The van der Waals surface area contributed by atoms with Crippen LogP contribution in [0.25, 0.3) is 0 Å². The van der Waals surface area contributed by atoms with Crippen LogP contribution in [-0.4, -0.2) is 31.6 Å². The smallest absolute Gasteiger partial charge is 0.314 e. The highest BCUT2D eigenvalue weighted by molar-refractivity contribution is 5.94. The number of nitrogens with one attached hydrogen (secondary N) is 3. The molecule has 1 fully saturated rings. The van der Waals surface area contributed by atoms with Crippen molar-refractivity contribution in [2.24, 2.45) is 11.8 Å². The van der Waals surface area contributed by atoms with E-state index in [2.05, 4.69) is 28.1 Å². The molecule has 5 nitrogen and oxygen atoms in total. The fraction of sp³-hybridized carbons (Fsp3) is 0.417. The van der Waals surface area contributed by atoms with Gasteiger partial charge in [0.25, 0.3) is 5.91 Å². The van der Waals surface area contributed by atoms with E-state index in [0.717, 1.165) is 32.1 Å². The summed E-state index contributed by atoms with van der Waals surface area (Å²) in [6.45, 7) is 1.94. The maximum atomic E-state index is 12.9. The molecule has 1 saturated carbocycles. The molecule has 0 spiro atoms. The van der Waals surface area contributed by atoms with Gasteiger partial charge < -0.3 is 16.0 Å². The minimum absolute atomic E-state index is 0.111. The van der Waals surface area contributed by atoms with Crippen LogP contribution in [-0.2, 0) is 6.42 Å². The molecule has 1 aliphatic carbocycles. The van der Waals surface area contributed by atoms with Crippen LogP contribution in [0.3, 0.4) is 0 Å². The van der Waals surface area contributed by atoms with Crippen LogP contribution in [0.15, 0.2) is 54.6 Å². The number of rotatable bonds is 8. The third-order valence-corrected chi connectivity index (χ3v) is 5.72. The van der Waals surface area contributed by atoms with Gasteiger partial charge in [0.2, 0.25) is 0 Å². The van der Waals surface area contributed by atoms with Crippen molar-refractivity contribution < 1.29 is 14.0 Å². The van der Waals surface area contributed by atoms with Gasteiger partial charge in [0.1, 0.15) is 5.82 Å². The Balaban J connectivity index is 1.26. The molecule has 3 amide bonds. The van der Waals surface area contributed by atoms with Gasteiger partial charge in [-0.05, 0) is 73.8 Å². The Hall–Kier alpha value is -2.89. The zero-order chi connectivity index (χ0) is 21.2. The monoisotopic (exact) mass is 411 g/mol. The lowest BCUT2D eigenvalue weighted by Gasteiger charge is -2.28. The molecular weight excluding hydrogens is 381 g/mol. The van der Waals surface area contributed by atoms with Crippen LogP contribution in [0, 0.1) is 17.7 Å². The van der Waals surface area contributed by atoms with Crippen molar-refractivity contribution in [2.75, 3.05) is 19.6 Å². The molecule has 0 atom stereocenters. The topological polar surface area (TPSA) is 70.2 Å². The fourth-order valence-electron chi connectivity index (χ4n) is 3.84. The van der Waals surface area contributed by atoms with E-state index in [1.807, 2.05) is 18.2 Å². The predicted octanol–water partition coefficient (Wildman–Crippen LogP) is 3.90. The van der Waals surface area contributed by atoms with Crippen LogP contribution in [0.5, 0.6) is 0 Å². The Bertz CT molecular complexity index is 803. The molecule has 0 saturated heterocycles. The number of hydrogen-bond donors (Lipinski definition) is 3. The van der Waals surface area contributed by atoms with Crippen LogP contribution >= 0.6 is 0 Å². The second-order valence-electron chi connectivity index (χ2n) is 7.98. The Kier molecular flexibility index (Phi) is 8.24. The lowest BCUT2D eigenvalue weighted by Crippen LogP contribution is -2.40. The summed E-state index contributed by atoms with van der Waals surface area (Å²) in [5.41, 5.74) is 1.69. The van der Waals surface area contributed by atoms with Crippen molar-refractivity contribution >= 4 is 11.9 Å². The average molecular weight is 412 g/mol. The van der Waals surface area contributed by atoms with Crippen LogP contribution in [0.2, 0.25) is 0 Å². The Labute approximate surface area is 177 Å². The summed E-state index contributed by atoms with van der Waals surface area (Å²) in [5, 5.41) is 8.84. The van der Waals surface area contributed by atoms with E-state index in [1.54, 1.807) is 0 Å². The summed E-state index contributed by atoms with van der Waals surface area (Å²) in [7, 11) is 0. The van der Waals surface area contributed by atoms with E-state index >= 15 is 0 Å². The zero-order valence-electron chi connectivity index (χ0n) is 17.2. The van der Waals surface area contributed by atoms with E-state index < -0.39 is 0 Å². The summed E-state index contributed by atoms with van der Waals surface area (Å²) in [6, 6.07) is 15.6. The summed E-state index contributed by atoms with van der Waals surface area (Å²) >= 11 is 0. The Morgan fingerprint density at radius 2 is 1.40 bits per heavy atom. The molecule has 2 aromatic carbocycles. The molecular formula is C24H30FN3O2. The largest absolute Gasteiger partial charge is 0.352 e. The van der Waals surface area contributed by atoms with Gasteiger partial charge in [-0.15, -0.1) is 0 Å². The van der Waals surface area contributed by atoms with Gasteiger partial charge in [-0.1, -0.05) is 30.3 Å². The molecule has 2 aromatic rings. The summed E-state index contributed by atoms with van der Waals surface area (Å²) in [4.78, 5) is 24.1. The Morgan fingerprint density at radius 3 is 2.03 bits per heavy atom. The predicted molar refractivity (Wildman–Crippen MR) is 116 cm³/mol. The molecule has 0 aliphatic heterocycles. The van der Waals surface area contributed by atoms with Crippen molar-refractivity contribution in [3.8, 4) is 0 Å². The quantitative estimate of drug-likeness (QED) is 0.617. The van der Waals surface area contributed by atoms with E-state index in [4.69, 9.17) is 0 Å². The molecule has 3 N–H and O–H groups in total. The molecule has 0 bridgehead atoms. The number of carbonyl (C=O) groups excluding carboxylic acids is 2. The van der Waals surface area contributed by atoms with Gasteiger partial charge in [0, 0.05) is 25.2 Å². The van der Waals surface area contributed by atoms with Gasteiger partial charge in [-0.3, -0.25) is 4.79 Å². The lowest BCUT2D eigenvalue weighted by atomic mass is 9.82. The third kappa shape index (κ3) is 7.17. The first-order valence-electron chi connectivity index (χ1n) is 10.7. The van der Waals surface area contributed by atoms with Gasteiger partial charge in [-0.2, -0.15) is 0 Å². The van der Waals surface area contributed by atoms with Gasteiger partial charge >= 0.3 is 6.03 Å². The molecule has 160 valence electrons. The van der Waals surface area contributed by atoms with Gasteiger partial charge in [0.15, 0.2) is 0 Å². The molecule has 0 radical (unpaired) electrons. The third-order valence-electron chi connectivity index (χ3n) is 5.72. The first kappa shape index (κ1) is 21.8. The maximum absolute atomic E-state index is 12.9. The van der Waals surface area contributed by atoms with E-state index in [1.165, 1.54) is 29.8 Å². The van der Waals surface area contributed by atoms with Crippen molar-refractivity contribution in [1.82, 2.24) is 16.0 Å². The minimum Gasteiger partial charge on any atom is -0.352 e. The highest BCUT2D eigenvalue weighted by Crippen LogP contribution is 2.28. The Morgan fingerprint density at radius 1 is 0.800 bits per heavy atom. The van der Waals surface area contributed by atoms with E-state index in [0.29, 0.717) is 37.0 Å². The maximum Gasteiger partial charge on any atom is 0.314 e. The first-order valence-corrected chi connectivity index (χ1v) is 10.7. The standard InChI is InChI=1S/C24H30FN3O2/c25-22-12-10-21(11-13-22)23(29)27-16-19-6-8-20(9-7-19)17-28-24(30)26-15-14-18-4-2-1-3-5-18/h1-5,10-13,19-20H,6-9,14-17H2,(H,27,29)(H2,26,28,30). The minimum atomic E-state index is -0.344. The van der Waals surface area contributed by atoms with Crippen molar-refractivity contribution in [3.05, 3.63) is 71.5 Å². The summed E-state index contributed by atoms with van der Waals surface area (Å²) < 4.78 is 12.9. The summed E-state index contributed by atoms with van der Waals surface area (Å²) in [5.74, 6) is 0.425. The highest BCUT2D eigenvalue weighted by atomic mass is 19.1. The number of halogens is 1. The summed E-state index contributed by atoms with van der Waals surface area (Å²) in [6.07, 6.45) is 4.98. The number of urea groups is 1. The van der Waals surface area contributed by atoms with Crippen LogP contribution in [0.1, 0.15) is 41.6 Å². The SMILES string of the molecule is O=C(NCCc1ccccc1)NCC1CCC(CNC(=O)c2ccc(F)cc2)CC1. The zero-order valence-corrected chi connectivity index (χ0v) is 17.2.